The molecule has 3 aromatic carbocycles. The molecule has 0 saturated carbocycles. The second-order valence-corrected chi connectivity index (χ2v) is 9.45. The van der Waals surface area contributed by atoms with Crippen molar-refractivity contribution in [3.8, 4) is 0 Å². The Morgan fingerprint density at radius 1 is 0.947 bits per heavy atom. The first kappa shape index (κ1) is 23.6. The number of carbonyl (C=O) groups excluding carboxylic acids is 2. The van der Waals surface area contributed by atoms with Crippen LogP contribution in [-0.4, -0.2) is 44.2 Å². The third-order valence-corrected chi connectivity index (χ3v) is 7.03. The Kier molecular flexibility index (Phi) is 6.17. The normalized spacial score (nSPS) is 15.4. The van der Waals surface area contributed by atoms with Crippen molar-refractivity contribution >= 4 is 39.3 Å². The predicted octanol–water partition coefficient (Wildman–Crippen LogP) is 2.96. The lowest BCUT2D eigenvalue weighted by Gasteiger charge is -2.16. The number of fused-ring (bicyclic) bond motifs is 2. The van der Waals surface area contributed by atoms with Gasteiger partial charge >= 0.3 is 0 Å². The Morgan fingerprint density at radius 3 is 2.61 bits per heavy atom. The average Bonchev–Trinajstić information content (AvgIpc) is 3.55. The molecule has 0 aliphatic carbocycles. The SMILES string of the molecule is O=C(NCCn1ncc2c(=O)n(Cc3cccc4ccccc34)cnc21)C1CC(=O)N(c2ccccc2)C1. The van der Waals surface area contributed by atoms with Gasteiger partial charge in [0.05, 0.1) is 25.2 Å². The number of hydrogen-bond donors (Lipinski definition) is 1. The van der Waals surface area contributed by atoms with E-state index >= 15 is 0 Å². The fourth-order valence-electron chi connectivity index (χ4n) is 5.06. The number of benzene rings is 3. The van der Waals surface area contributed by atoms with Crippen LogP contribution >= 0.6 is 0 Å². The van der Waals surface area contributed by atoms with Gasteiger partial charge in [0.2, 0.25) is 11.8 Å². The van der Waals surface area contributed by atoms with E-state index in [-0.39, 0.29) is 23.8 Å². The van der Waals surface area contributed by atoms with Crippen LogP contribution in [0.5, 0.6) is 0 Å². The molecule has 0 bridgehead atoms. The zero-order chi connectivity index (χ0) is 26.1. The van der Waals surface area contributed by atoms with Crippen LogP contribution in [0.2, 0.25) is 0 Å². The number of rotatable bonds is 7. The van der Waals surface area contributed by atoms with Gasteiger partial charge in [-0.15, -0.1) is 0 Å². The van der Waals surface area contributed by atoms with Gasteiger partial charge < -0.3 is 10.2 Å². The Labute approximate surface area is 218 Å². The van der Waals surface area contributed by atoms with E-state index in [9.17, 15) is 14.4 Å². The van der Waals surface area contributed by atoms with Crippen molar-refractivity contribution in [1.29, 1.82) is 0 Å². The fraction of sp³-hybridized carbons (Fsp3) is 0.207. The summed E-state index contributed by atoms with van der Waals surface area (Å²) in [7, 11) is 0. The highest BCUT2D eigenvalue weighted by Gasteiger charge is 2.34. The van der Waals surface area contributed by atoms with Crippen LogP contribution in [0.25, 0.3) is 21.8 Å². The molecule has 2 aromatic heterocycles. The molecule has 0 radical (unpaired) electrons. The van der Waals surface area contributed by atoms with Crippen LogP contribution in [0.3, 0.4) is 0 Å². The van der Waals surface area contributed by atoms with Crippen LogP contribution in [0.4, 0.5) is 5.69 Å². The summed E-state index contributed by atoms with van der Waals surface area (Å²) in [4.78, 5) is 44.5. The predicted molar refractivity (Wildman–Crippen MR) is 145 cm³/mol. The minimum Gasteiger partial charge on any atom is -0.354 e. The minimum atomic E-state index is -0.406. The van der Waals surface area contributed by atoms with Crippen LogP contribution in [0.1, 0.15) is 12.0 Å². The summed E-state index contributed by atoms with van der Waals surface area (Å²) in [6.45, 7) is 1.44. The first-order valence-corrected chi connectivity index (χ1v) is 12.6. The number of amides is 2. The molecule has 9 nitrogen and oxygen atoms in total. The van der Waals surface area contributed by atoms with Gasteiger partial charge in [-0.25, -0.2) is 9.67 Å². The maximum Gasteiger partial charge on any atom is 0.264 e. The molecule has 1 N–H and O–H groups in total. The van der Waals surface area contributed by atoms with Crippen LogP contribution in [-0.2, 0) is 22.7 Å². The third-order valence-electron chi connectivity index (χ3n) is 7.03. The fourth-order valence-corrected chi connectivity index (χ4v) is 5.06. The lowest BCUT2D eigenvalue weighted by molar-refractivity contribution is -0.126. The van der Waals surface area contributed by atoms with Crippen LogP contribution in [0.15, 0.2) is 90.1 Å². The summed E-state index contributed by atoms with van der Waals surface area (Å²) >= 11 is 0. The van der Waals surface area contributed by atoms with E-state index in [4.69, 9.17) is 0 Å². The molecule has 1 aliphatic heterocycles. The zero-order valence-electron chi connectivity index (χ0n) is 20.7. The molecule has 2 amide bonds. The highest BCUT2D eigenvalue weighted by Crippen LogP contribution is 2.25. The number of carbonyl (C=O) groups is 2. The van der Waals surface area contributed by atoms with Gasteiger partial charge in [0.25, 0.3) is 5.56 Å². The smallest absolute Gasteiger partial charge is 0.264 e. The molecule has 190 valence electrons. The number of anilines is 1. The molecule has 0 spiro atoms. The van der Waals surface area contributed by atoms with Gasteiger partial charge in [-0.1, -0.05) is 60.7 Å². The van der Waals surface area contributed by atoms with E-state index in [0.29, 0.717) is 37.2 Å². The van der Waals surface area contributed by atoms with Crippen molar-refractivity contribution in [3.05, 3.63) is 101 Å². The van der Waals surface area contributed by atoms with E-state index in [1.165, 1.54) is 6.20 Å². The molecule has 9 heteroatoms. The van der Waals surface area contributed by atoms with E-state index in [0.717, 1.165) is 22.0 Å². The quantitative estimate of drug-likeness (QED) is 0.366. The van der Waals surface area contributed by atoms with Gasteiger partial charge in [-0.3, -0.25) is 19.0 Å². The van der Waals surface area contributed by atoms with Crippen LogP contribution in [0, 0.1) is 5.92 Å². The number of aromatic nitrogens is 4. The average molecular weight is 507 g/mol. The molecule has 3 heterocycles. The molecule has 38 heavy (non-hydrogen) atoms. The molecular weight excluding hydrogens is 480 g/mol. The molecule has 5 aromatic rings. The van der Waals surface area contributed by atoms with Gasteiger partial charge in [-0.05, 0) is 28.5 Å². The summed E-state index contributed by atoms with van der Waals surface area (Å²) in [5.41, 5.74) is 2.15. The number of nitrogens with one attached hydrogen (secondary N) is 1. The molecule has 1 saturated heterocycles. The maximum absolute atomic E-state index is 13.2. The first-order chi connectivity index (χ1) is 18.6. The van der Waals surface area contributed by atoms with Crippen molar-refractivity contribution in [3.63, 3.8) is 0 Å². The number of hydrogen-bond acceptors (Lipinski definition) is 5. The van der Waals surface area contributed by atoms with E-state index in [2.05, 4.69) is 33.6 Å². The van der Waals surface area contributed by atoms with Crippen molar-refractivity contribution < 1.29 is 9.59 Å². The molecule has 1 aliphatic rings. The van der Waals surface area contributed by atoms with E-state index in [1.807, 2.05) is 54.6 Å². The monoisotopic (exact) mass is 506 g/mol. The van der Waals surface area contributed by atoms with Gasteiger partial charge in [0.1, 0.15) is 11.7 Å². The van der Waals surface area contributed by atoms with Crippen molar-refractivity contribution in [2.45, 2.75) is 19.5 Å². The van der Waals surface area contributed by atoms with E-state index in [1.54, 1.807) is 20.5 Å². The second kappa shape index (κ2) is 9.93. The summed E-state index contributed by atoms with van der Waals surface area (Å²) in [6, 6.07) is 23.5. The van der Waals surface area contributed by atoms with E-state index < -0.39 is 5.92 Å². The number of nitrogens with zero attached hydrogens (tertiary/aromatic N) is 5. The number of para-hydroxylation sites is 1. The largest absolute Gasteiger partial charge is 0.354 e. The maximum atomic E-state index is 13.2. The summed E-state index contributed by atoms with van der Waals surface area (Å²) in [5.74, 6) is -0.631. The highest BCUT2D eigenvalue weighted by atomic mass is 16.2. The van der Waals surface area contributed by atoms with Gasteiger partial charge in [0.15, 0.2) is 5.65 Å². The van der Waals surface area contributed by atoms with Gasteiger partial charge in [0, 0.05) is 25.2 Å². The molecule has 1 atom stereocenters. The zero-order valence-corrected chi connectivity index (χ0v) is 20.7. The summed E-state index contributed by atoms with van der Waals surface area (Å²) < 4.78 is 3.21. The Hall–Kier alpha value is -4.79. The Balaban J connectivity index is 1.11. The lowest BCUT2D eigenvalue weighted by Crippen LogP contribution is -2.35. The Morgan fingerprint density at radius 2 is 1.74 bits per heavy atom. The van der Waals surface area contributed by atoms with Crippen molar-refractivity contribution in [1.82, 2.24) is 24.6 Å². The van der Waals surface area contributed by atoms with Gasteiger partial charge in [-0.2, -0.15) is 5.10 Å². The first-order valence-electron chi connectivity index (χ1n) is 12.6. The summed E-state index contributed by atoms with van der Waals surface area (Å²) in [5, 5.41) is 9.90. The highest BCUT2D eigenvalue weighted by molar-refractivity contribution is 6.00. The third kappa shape index (κ3) is 4.43. The lowest BCUT2D eigenvalue weighted by atomic mass is 10.0. The van der Waals surface area contributed by atoms with Crippen molar-refractivity contribution in [2.75, 3.05) is 18.0 Å². The Bertz CT molecular complexity index is 1700. The molecular formula is C29H26N6O3. The summed E-state index contributed by atoms with van der Waals surface area (Å²) in [6.07, 6.45) is 3.26. The minimum absolute atomic E-state index is 0.0570. The topological polar surface area (TPSA) is 102 Å². The van der Waals surface area contributed by atoms with Crippen LogP contribution < -0.4 is 15.8 Å². The van der Waals surface area contributed by atoms with Crippen molar-refractivity contribution in [2.24, 2.45) is 5.92 Å². The molecule has 1 fully saturated rings. The molecule has 6 rings (SSSR count). The standard InChI is InChI=1S/C29H26N6O3/c36-26-15-22(18-34(26)23-10-2-1-3-11-23)28(37)30-13-14-35-27-25(16-32-35)29(38)33(19-31-27)17-21-9-6-8-20-7-4-5-12-24(20)21/h1-12,16,19,22H,13-15,17-18H2,(H,30,37). The molecule has 1 unspecified atom stereocenters. The second-order valence-electron chi connectivity index (χ2n) is 9.45.